The first kappa shape index (κ1) is 14.8. The molecule has 0 amide bonds. The second kappa shape index (κ2) is 6.30. The number of thiophene rings is 1. The number of hydrazine groups is 1. The highest BCUT2D eigenvalue weighted by molar-refractivity contribution is 7.17. The Labute approximate surface area is 136 Å². The highest BCUT2D eigenvalue weighted by Gasteiger charge is 2.13. The van der Waals surface area contributed by atoms with Crippen LogP contribution in [0.25, 0.3) is 10.2 Å². The first-order valence-electron chi connectivity index (χ1n) is 6.40. The van der Waals surface area contributed by atoms with Crippen LogP contribution in [0.15, 0.2) is 41.9 Å². The smallest absolute Gasteiger partial charge is 0.0809 e. The highest BCUT2D eigenvalue weighted by Crippen LogP contribution is 2.27. The summed E-state index contributed by atoms with van der Waals surface area (Å²) in [5.74, 6) is 5.71. The van der Waals surface area contributed by atoms with Crippen LogP contribution in [-0.2, 0) is 6.42 Å². The maximum Gasteiger partial charge on any atom is 0.0809 e. The zero-order valence-corrected chi connectivity index (χ0v) is 13.3. The molecular weight excluding hydrogens is 325 g/mol. The monoisotopic (exact) mass is 337 g/mol. The van der Waals surface area contributed by atoms with Crippen LogP contribution in [0.3, 0.4) is 0 Å². The van der Waals surface area contributed by atoms with E-state index < -0.39 is 0 Å². The lowest BCUT2D eigenvalue weighted by molar-refractivity contribution is 0.551. The first-order valence-corrected chi connectivity index (χ1v) is 8.04. The predicted molar refractivity (Wildman–Crippen MR) is 89.9 cm³/mol. The van der Waals surface area contributed by atoms with Gasteiger partial charge in [-0.3, -0.25) is 16.3 Å². The zero-order chi connectivity index (χ0) is 14.8. The van der Waals surface area contributed by atoms with Gasteiger partial charge in [0.1, 0.15) is 0 Å². The van der Waals surface area contributed by atoms with E-state index in [9.17, 15) is 0 Å². The molecule has 3 N–H and O–H groups in total. The lowest BCUT2D eigenvalue weighted by Gasteiger charge is -2.16. The summed E-state index contributed by atoms with van der Waals surface area (Å²) in [4.78, 5) is 4.45. The number of benzene rings is 1. The number of halogens is 2. The fraction of sp³-hybridized carbons (Fsp3) is 0.133. The number of nitrogens with two attached hydrogens (primary N) is 1. The molecule has 3 rings (SSSR count). The standard InChI is InChI=1S/C15H13Cl2N3S/c16-11-2-1-9(5-12(11)17)6-14(20-18)10-7-15-13(19-8-10)3-4-21-15/h1-5,7-8,14,20H,6,18H2. The minimum atomic E-state index is -0.0266. The van der Waals surface area contributed by atoms with E-state index in [2.05, 4.69) is 16.5 Å². The fourth-order valence-corrected chi connectivity index (χ4v) is 3.34. The minimum Gasteiger partial charge on any atom is -0.271 e. The van der Waals surface area contributed by atoms with Gasteiger partial charge in [0.15, 0.2) is 0 Å². The summed E-state index contributed by atoms with van der Waals surface area (Å²) >= 11 is 13.7. The second-order valence-electron chi connectivity index (χ2n) is 4.74. The minimum absolute atomic E-state index is 0.0266. The Morgan fingerprint density at radius 3 is 2.81 bits per heavy atom. The molecule has 108 valence electrons. The van der Waals surface area contributed by atoms with Crippen molar-refractivity contribution in [2.24, 2.45) is 5.84 Å². The van der Waals surface area contributed by atoms with Gasteiger partial charge in [0.25, 0.3) is 0 Å². The van der Waals surface area contributed by atoms with Crippen LogP contribution in [0.5, 0.6) is 0 Å². The number of nitrogens with one attached hydrogen (secondary N) is 1. The van der Waals surface area contributed by atoms with Gasteiger partial charge in [-0.2, -0.15) is 0 Å². The Balaban J connectivity index is 1.88. The molecule has 0 saturated heterocycles. The summed E-state index contributed by atoms with van der Waals surface area (Å²) in [6.45, 7) is 0. The molecule has 0 bridgehead atoms. The molecule has 0 fully saturated rings. The van der Waals surface area contributed by atoms with Crippen molar-refractivity contribution in [1.29, 1.82) is 0 Å². The number of aromatic nitrogens is 1. The van der Waals surface area contributed by atoms with Crippen LogP contribution in [0.2, 0.25) is 10.0 Å². The van der Waals surface area contributed by atoms with Crippen LogP contribution >= 0.6 is 34.5 Å². The molecule has 0 spiro atoms. The van der Waals surface area contributed by atoms with Gasteiger partial charge in [-0.1, -0.05) is 29.3 Å². The van der Waals surface area contributed by atoms with Crippen molar-refractivity contribution in [3.8, 4) is 0 Å². The molecular formula is C15H13Cl2N3S. The molecule has 1 aromatic carbocycles. The normalized spacial score (nSPS) is 12.7. The van der Waals surface area contributed by atoms with E-state index in [1.54, 1.807) is 17.4 Å². The van der Waals surface area contributed by atoms with E-state index in [-0.39, 0.29) is 6.04 Å². The third kappa shape index (κ3) is 3.20. The summed E-state index contributed by atoms with van der Waals surface area (Å²) < 4.78 is 1.15. The third-order valence-electron chi connectivity index (χ3n) is 3.35. The molecule has 0 radical (unpaired) electrons. The molecule has 0 saturated carbocycles. The van der Waals surface area contributed by atoms with Gasteiger partial charge in [-0.25, -0.2) is 0 Å². The van der Waals surface area contributed by atoms with E-state index in [1.165, 1.54) is 0 Å². The molecule has 3 aromatic rings. The molecule has 2 aromatic heterocycles. The Hall–Kier alpha value is -1.17. The van der Waals surface area contributed by atoms with E-state index in [0.717, 1.165) is 21.3 Å². The van der Waals surface area contributed by atoms with Crippen molar-refractivity contribution in [1.82, 2.24) is 10.4 Å². The van der Waals surface area contributed by atoms with Crippen LogP contribution in [0.4, 0.5) is 0 Å². The molecule has 1 atom stereocenters. The number of hydrogen-bond acceptors (Lipinski definition) is 4. The van der Waals surface area contributed by atoms with Crippen molar-refractivity contribution in [2.45, 2.75) is 12.5 Å². The molecule has 0 aliphatic heterocycles. The number of hydrogen-bond donors (Lipinski definition) is 2. The van der Waals surface area contributed by atoms with Crippen molar-refractivity contribution in [3.05, 3.63) is 63.1 Å². The molecule has 0 aliphatic rings. The Morgan fingerprint density at radius 2 is 2.05 bits per heavy atom. The average Bonchev–Trinajstić information content (AvgIpc) is 2.95. The van der Waals surface area contributed by atoms with E-state index in [1.807, 2.05) is 29.8 Å². The third-order valence-corrected chi connectivity index (χ3v) is 4.94. The lowest BCUT2D eigenvalue weighted by atomic mass is 10.0. The molecule has 21 heavy (non-hydrogen) atoms. The summed E-state index contributed by atoms with van der Waals surface area (Å²) in [6, 6.07) is 9.72. The van der Waals surface area contributed by atoms with Gasteiger partial charge in [0.2, 0.25) is 0 Å². The van der Waals surface area contributed by atoms with Crippen molar-refractivity contribution in [3.63, 3.8) is 0 Å². The van der Waals surface area contributed by atoms with Gasteiger partial charge < -0.3 is 0 Å². The van der Waals surface area contributed by atoms with Crippen LogP contribution in [-0.4, -0.2) is 4.98 Å². The van der Waals surface area contributed by atoms with Crippen molar-refractivity contribution >= 4 is 44.8 Å². The van der Waals surface area contributed by atoms with Gasteiger partial charge in [0, 0.05) is 6.20 Å². The topological polar surface area (TPSA) is 50.9 Å². The van der Waals surface area contributed by atoms with Crippen molar-refractivity contribution < 1.29 is 0 Å². The van der Waals surface area contributed by atoms with E-state index in [4.69, 9.17) is 29.0 Å². The van der Waals surface area contributed by atoms with Crippen LogP contribution < -0.4 is 11.3 Å². The van der Waals surface area contributed by atoms with Gasteiger partial charge in [-0.05, 0) is 47.2 Å². The highest BCUT2D eigenvalue weighted by atomic mass is 35.5. The Kier molecular flexibility index (Phi) is 4.42. The molecule has 6 heteroatoms. The second-order valence-corrected chi connectivity index (χ2v) is 6.51. The van der Waals surface area contributed by atoms with Crippen LogP contribution in [0.1, 0.15) is 17.2 Å². The number of nitrogens with zero attached hydrogens (tertiary/aromatic N) is 1. The zero-order valence-electron chi connectivity index (χ0n) is 11.0. The van der Waals surface area contributed by atoms with Gasteiger partial charge >= 0.3 is 0 Å². The maximum absolute atomic E-state index is 6.06. The first-order chi connectivity index (χ1) is 10.2. The maximum atomic E-state index is 6.06. The van der Waals surface area contributed by atoms with Crippen molar-refractivity contribution in [2.75, 3.05) is 0 Å². The molecule has 1 unspecified atom stereocenters. The van der Waals surface area contributed by atoms with Gasteiger partial charge in [0.05, 0.1) is 26.3 Å². The SMILES string of the molecule is NNC(Cc1ccc(Cl)c(Cl)c1)c1cnc2ccsc2c1. The summed E-state index contributed by atoms with van der Waals surface area (Å²) in [5.41, 5.74) is 5.98. The quantitative estimate of drug-likeness (QED) is 0.549. The van der Waals surface area contributed by atoms with E-state index in [0.29, 0.717) is 16.5 Å². The summed E-state index contributed by atoms with van der Waals surface area (Å²) in [5, 5.41) is 3.14. The summed E-state index contributed by atoms with van der Waals surface area (Å²) in [7, 11) is 0. The van der Waals surface area contributed by atoms with E-state index >= 15 is 0 Å². The van der Waals surface area contributed by atoms with Gasteiger partial charge in [-0.15, -0.1) is 11.3 Å². The lowest BCUT2D eigenvalue weighted by Crippen LogP contribution is -2.29. The predicted octanol–water partition coefficient (Wildman–Crippen LogP) is 4.35. The molecule has 3 nitrogen and oxygen atoms in total. The number of rotatable bonds is 4. The Bertz CT molecular complexity index is 772. The average molecular weight is 338 g/mol. The Morgan fingerprint density at radius 1 is 1.19 bits per heavy atom. The largest absolute Gasteiger partial charge is 0.271 e. The molecule has 2 heterocycles. The van der Waals surface area contributed by atoms with Crippen LogP contribution in [0, 0.1) is 0 Å². The molecule has 0 aliphatic carbocycles. The summed E-state index contributed by atoms with van der Waals surface area (Å²) in [6.07, 6.45) is 2.57. The fourth-order valence-electron chi connectivity index (χ4n) is 2.23. The number of pyridine rings is 1. The number of fused-ring (bicyclic) bond motifs is 1.